The van der Waals surface area contributed by atoms with Crippen molar-refractivity contribution in [1.82, 2.24) is 9.55 Å². The molecule has 3 aromatic carbocycles. The van der Waals surface area contributed by atoms with Crippen molar-refractivity contribution in [2.75, 3.05) is 7.11 Å². The Morgan fingerprint density at radius 2 is 1.81 bits per heavy atom. The zero-order chi connectivity index (χ0) is 21.4. The Bertz CT molecular complexity index is 1390. The Morgan fingerprint density at radius 1 is 1.03 bits per heavy atom. The summed E-state index contributed by atoms with van der Waals surface area (Å²) in [7, 11) is 1.64. The molecule has 0 aliphatic rings. The average molecular weight is 426 g/mol. The van der Waals surface area contributed by atoms with Crippen molar-refractivity contribution in [2.24, 2.45) is 5.73 Å². The van der Waals surface area contributed by atoms with Crippen molar-refractivity contribution < 1.29 is 9.53 Å². The molecular weight excluding hydrogens is 406 g/mol. The predicted molar refractivity (Wildman–Crippen MR) is 125 cm³/mol. The molecule has 2 heterocycles. The molecule has 1 amide bonds. The maximum absolute atomic E-state index is 11.8. The van der Waals surface area contributed by atoms with E-state index in [1.165, 1.54) is 0 Å². The second kappa shape index (κ2) is 7.74. The summed E-state index contributed by atoms with van der Waals surface area (Å²) in [6, 6.07) is 23.4. The van der Waals surface area contributed by atoms with Gasteiger partial charge in [-0.1, -0.05) is 36.4 Å². The van der Waals surface area contributed by atoms with Gasteiger partial charge >= 0.3 is 0 Å². The standard InChI is InChI=1S/C25H19N3O2S/c1-30-19-10-8-18(9-11-19)28-14-21(20-12-7-17(24(26)29)13-23(20)28)25-27-22(15-31-25)16-5-3-2-4-6-16/h2-15H,1H3,(H2,26,29). The van der Waals surface area contributed by atoms with E-state index in [4.69, 9.17) is 15.5 Å². The van der Waals surface area contributed by atoms with Gasteiger partial charge in [0, 0.05) is 39.3 Å². The van der Waals surface area contributed by atoms with Crippen LogP contribution in [0.15, 0.2) is 84.4 Å². The third kappa shape index (κ3) is 3.47. The number of aromatic nitrogens is 2. The van der Waals surface area contributed by atoms with Gasteiger partial charge in [0.25, 0.3) is 0 Å². The number of amides is 1. The van der Waals surface area contributed by atoms with E-state index in [0.29, 0.717) is 5.56 Å². The average Bonchev–Trinajstić information content (AvgIpc) is 3.44. The highest BCUT2D eigenvalue weighted by atomic mass is 32.1. The highest BCUT2D eigenvalue weighted by Crippen LogP contribution is 2.36. The summed E-state index contributed by atoms with van der Waals surface area (Å²) in [5.74, 6) is 0.331. The fraction of sp³-hybridized carbons (Fsp3) is 0.0400. The number of fused-ring (bicyclic) bond motifs is 1. The minimum atomic E-state index is -0.452. The smallest absolute Gasteiger partial charge is 0.248 e. The van der Waals surface area contributed by atoms with Gasteiger partial charge in [-0.25, -0.2) is 4.98 Å². The molecule has 6 heteroatoms. The van der Waals surface area contributed by atoms with Crippen molar-refractivity contribution in [1.29, 1.82) is 0 Å². The first-order valence-electron chi connectivity index (χ1n) is 9.75. The van der Waals surface area contributed by atoms with Gasteiger partial charge in [-0.15, -0.1) is 11.3 Å². The molecule has 0 fully saturated rings. The molecule has 0 radical (unpaired) electrons. The number of hydrogen-bond acceptors (Lipinski definition) is 4. The number of ether oxygens (including phenoxy) is 1. The molecule has 0 saturated heterocycles. The number of primary amides is 1. The summed E-state index contributed by atoms with van der Waals surface area (Å²) in [6.07, 6.45) is 2.06. The maximum atomic E-state index is 11.8. The fourth-order valence-electron chi connectivity index (χ4n) is 3.65. The van der Waals surface area contributed by atoms with Crippen LogP contribution in [0.4, 0.5) is 0 Å². The molecular formula is C25H19N3O2S. The van der Waals surface area contributed by atoms with Crippen molar-refractivity contribution in [3.05, 3.63) is 89.9 Å². The summed E-state index contributed by atoms with van der Waals surface area (Å²) in [6.45, 7) is 0. The number of rotatable bonds is 5. The first-order chi connectivity index (χ1) is 15.1. The summed E-state index contributed by atoms with van der Waals surface area (Å²) in [5.41, 5.74) is 10.9. The quantitative estimate of drug-likeness (QED) is 0.403. The highest BCUT2D eigenvalue weighted by molar-refractivity contribution is 7.13. The molecule has 0 aliphatic carbocycles. The lowest BCUT2D eigenvalue weighted by molar-refractivity contribution is 0.100. The van der Waals surface area contributed by atoms with Gasteiger partial charge in [0.05, 0.1) is 18.3 Å². The molecule has 0 atom stereocenters. The van der Waals surface area contributed by atoms with E-state index in [-0.39, 0.29) is 0 Å². The predicted octanol–water partition coefficient (Wildman–Crippen LogP) is 5.53. The molecule has 0 unspecified atom stereocenters. The lowest BCUT2D eigenvalue weighted by atomic mass is 10.1. The van der Waals surface area contributed by atoms with E-state index >= 15 is 0 Å². The van der Waals surface area contributed by atoms with E-state index < -0.39 is 5.91 Å². The molecule has 152 valence electrons. The normalized spacial score (nSPS) is 11.0. The zero-order valence-electron chi connectivity index (χ0n) is 16.8. The molecule has 0 bridgehead atoms. The second-order valence-electron chi connectivity index (χ2n) is 7.11. The molecule has 0 aliphatic heterocycles. The number of hydrogen-bond donors (Lipinski definition) is 1. The summed E-state index contributed by atoms with van der Waals surface area (Å²) < 4.78 is 7.34. The van der Waals surface area contributed by atoms with Crippen LogP contribution in [0.1, 0.15) is 10.4 Å². The lowest BCUT2D eigenvalue weighted by Crippen LogP contribution is -2.10. The first-order valence-corrected chi connectivity index (χ1v) is 10.6. The first kappa shape index (κ1) is 19.1. The summed E-state index contributed by atoms with van der Waals surface area (Å²) in [5, 5.41) is 4.00. The number of thiazole rings is 1. The topological polar surface area (TPSA) is 70.1 Å². The Kier molecular flexibility index (Phi) is 4.76. The van der Waals surface area contributed by atoms with Crippen LogP contribution in [-0.2, 0) is 0 Å². The van der Waals surface area contributed by atoms with Crippen LogP contribution in [0.2, 0.25) is 0 Å². The maximum Gasteiger partial charge on any atom is 0.248 e. The van der Waals surface area contributed by atoms with E-state index in [1.807, 2.05) is 54.6 Å². The van der Waals surface area contributed by atoms with Crippen molar-refractivity contribution in [3.8, 4) is 33.3 Å². The van der Waals surface area contributed by atoms with Gasteiger partial charge in [0.2, 0.25) is 5.91 Å². The van der Waals surface area contributed by atoms with Gasteiger partial charge < -0.3 is 15.0 Å². The van der Waals surface area contributed by atoms with Gasteiger partial charge in [-0.05, 0) is 36.4 Å². The third-order valence-corrected chi connectivity index (χ3v) is 6.12. The van der Waals surface area contributed by atoms with Crippen LogP contribution in [0.5, 0.6) is 5.75 Å². The van der Waals surface area contributed by atoms with E-state index in [0.717, 1.165) is 44.2 Å². The Morgan fingerprint density at radius 3 is 2.52 bits per heavy atom. The zero-order valence-corrected chi connectivity index (χ0v) is 17.6. The Hall–Kier alpha value is -3.90. The second-order valence-corrected chi connectivity index (χ2v) is 7.97. The molecule has 5 rings (SSSR count). The number of nitrogens with zero attached hydrogens (tertiary/aromatic N) is 2. The van der Waals surface area contributed by atoms with Crippen LogP contribution in [-0.4, -0.2) is 22.6 Å². The van der Waals surface area contributed by atoms with Gasteiger partial charge in [0.15, 0.2) is 0 Å². The van der Waals surface area contributed by atoms with Crippen LogP contribution in [0.3, 0.4) is 0 Å². The monoisotopic (exact) mass is 425 g/mol. The fourth-order valence-corrected chi connectivity index (χ4v) is 4.50. The molecule has 0 saturated carbocycles. The van der Waals surface area contributed by atoms with Gasteiger partial charge in [-0.2, -0.15) is 0 Å². The minimum Gasteiger partial charge on any atom is -0.497 e. The van der Waals surface area contributed by atoms with Crippen LogP contribution >= 0.6 is 11.3 Å². The van der Waals surface area contributed by atoms with Crippen molar-refractivity contribution in [2.45, 2.75) is 0 Å². The van der Waals surface area contributed by atoms with E-state index in [2.05, 4.69) is 28.3 Å². The van der Waals surface area contributed by atoms with Gasteiger partial charge in [0.1, 0.15) is 10.8 Å². The number of methoxy groups -OCH3 is 1. The number of carbonyl (C=O) groups excluding carboxylic acids is 1. The number of carbonyl (C=O) groups is 1. The largest absolute Gasteiger partial charge is 0.497 e. The summed E-state index contributed by atoms with van der Waals surface area (Å²) in [4.78, 5) is 16.7. The molecule has 0 spiro atoms. The molecule has 5 aromatic rings. The lowest BCUT2D eigenvalue weighted by Gasteiger charge is -2.07. The molecule has 31 heavy (non-hydrogen) atoms. The van der Waals surface area contributed by atoms with Crippen LogP contribution in [0.25, 0.3) is 38.4 Å². The molecule has 2 aromatic heterocycles. The Labute approximate surface area is 183 Å². The van der Waals surface area contributed by atoms with Crippen molar-refractivity contribution in [3.63, 3.8) is 0 Å². The Balaban J connectivity index is 1.68. The van der Waals surface area contributed by atoms with E-state index in [9.17, 15) is 4.79 Å². The van der Waals surface area contributed by atoms with Crippen LogP contribution in [0, 0.1) is 0 Å². The number of benzene rings is 3. The third-order valence-electron chi connectivity index (χ3n) is 5.24. The highest BCUT2D eigenvalue weighted by Gasteiger charge is 2.16. The van der Waals surface area contributed by atoms with Crippen molar-refractivity contribution >= 4 is 28.1 Å². The molecule has 5 nitrogen and oxygen atoms in total. The minimum absolute atomic E-state index is 0.452. The van der Waals surface area contributed by atoms with E-state index in [1.54, 1.807) is 24.5 Å². The number of nitrogens with two attached hydrogens (primary N) is 1. The SMILES string of the molecule is COc1ccc(-n2cc(-c3nc(-c4ccccc4)cs3)c3ccc(C(N)=O)cc32)cc1. The summed E-state index contributed by atoms with van der Waals surface area (Å²) >= 11 is 1.60. The van der Waals surface area contributed by atoms with Crippen LogP contribution < -0.4 is 10.5 Å². The van der Waals surface area contributed by atoms with Gasteiger partial charge in [-0.3, -0.25) is 4.79 Å². The molecule has 2 N–H and O–H groups in total.